The standard InChI is InChI=1S/C12H7F3NO3/c13-12(14,15)10(17)9(6-16)11(18)19-7-8-4-2-1-3-5-8/h1-5H,7H2/q-1. The summed E-state index contributed by atoms with van der Waals surface area (Å²) < 4.78 is 40.7. The maximum absolute atomic E-state index is 12.1. The minimum Gasteiger partial charge on any atom is -0.762 e. The molecule has 0 aliphatic rings. The molecule has 1 rings (SSSR count). The van der Waals surface area contributed by atoms with Crippen LogP contribution in [0.1, 0.15) is 5.56 Å². The molecule has 0 saturated carbocycles. The number of rotatable bonds is 4. The Bertz CT molecular complexity index is 531. The van der Waals surface area contributed by atoms with Crippen molar-refractivity contribution >= 4 is 17.6 Å². The monoisotopic (exact) mass is 270 g/mol. The average molecular weight is 270 g/mol. The molecule has 0 unspecified atom stereocenters. The number of hydrogen-bond acceptors (Lipinski definition) is 3. The first-order valence-electron chi connectivity index (χ1n) is 4.96. The molecule has 0 radical (unpaired) electrons. The van der Waals surface area contributed by atoms with E-state index in [-0.39, 0.29) is 6.61 Å². The van der Waals surface area contributed by atoms with E-state index in [4.69, 9.17) is 5.41 Å². The lowest BCUT2D eigenvalue weighted by atomic mass is 10.2. The van der Waals surface area contributed by atoms with Crippen molar-refractivity contribution < 1.29 is 27.5 Å². The number of Topliss-reactive ketones (excluding diaryl/α,β-unsaturated/α-hetero) is 1. The zero-order valence-corrected chi connectivity index (χ0v) is 9.40. The Labute approximate surface area is 106 Å². The number of halogens is 3. The fourth-order valence-electron chi connectivity index (χ4n) is 1.13. The molecule has 4 nitrogen and oxygen atoms in total. The molecule has 0 bridgehead atoms. The van der Waals surface area contributed by atoms with Crippen molar-refractivity contribution in [1.82, 2.24) is 0 Å². The van der Waals surface area contributed by atoms with Crippen LogP contribution >= 0.6 is 0 Å². The van der Waals surface area contributed by atoms with Crippen molar-refractivity contribution in [3.63, 3.8) is 0 Å². The molecular formula is C12H7F3NO3-. The Morgan fingerprint density at radius 3 is 2.26 bits per heavy atom. The lowest BCUT2D eigenvalue weighted by molar-refractivity contribution is -0.168. The van der Waals surface area contributed by atoms with Gasteiger partial charge in [-0.05, 0) is 5.56 Å². The average Bonchev–Trinajstić information content (AvgIpc) is 2.37. The maximum atomic E-state index is 12.1. The fourth-order valence-corrected chi connectivity index (χ4v) is 1.13. The van der Waals surface area contributed by atoms with Crippen molar-refractivity contribution in [2.45, 2.75) is 12.8 Å². The second-order valence-corrected chi connectivity index (χ2v) is 3.38. The largest absolute Gasteiger partial charge is 0.762 e. The molecule has 0 aliphatic heterocycles. The summed E-state index contributed by atoms with van der Waals surface area (Å²) in [5.74, 6) is -3.18. The number of ketones is 1. The third-order valence-corrected chi connectivity index (χ3v) is 2.01. The molecule has 19 heavy (non-hydrogen) atoms. The van der Waals surface area contributed by atoms with Gasteiger partial charge in [0, 0.05) is 0 Å². The van der Waals surface area contributed by atoms with E-state index in [1.54, 1.807) is 30.3 Å². The van der Waals surface area contributed by atoms with Gasteiger partial charge in [-0.2, -0.15) is 13.2 Å². The first-order chi connectivity index (χ1) is 8.86. The summed E-state index contributed by atoms with van der Waals surface area (Å²) in [7, 11) is 0. The van der Waals surface area contributed by atoms with Crippen LogP contribution in [0.3, 0.4) is 0 Å². The van der Waals surface area contributed by atoms with Crippen LogP contribution in [0.2, 0.25) is 0 Å². The highest BCUT2D eigenvalue weighted by Gasteiger charge is 2.43. The van der Waals surface area contributed by atoms with Crippen LogP contribution in [-0.2, 0) is 20.9 Å². The highest BCUT2D eigenvalue weighted by molar-refractivity contribution is 6.25. The van der Waals surface area contributed by atoms with E-state index >= 15 is 0 Å². The second-order valence-electron chi connectivity index (χ2n) is 3.38. The van der Waals surface area contributed by atoms with Gasteiger partial charge in [-0.15, -0.1) is 0 Å². The Balaban J connectivity index is 2.72. The number of carbonyl (C=O) groups is 2. The minimum absolute atomic E-state index is 0.323. The molecule has 0 aromatic heterocycles. The van der Waals surface area contributed by atoms with E-state index < -0.39 is 23.5 Å². The topological polar surface area (TPSA) is 65.7 Å². The van der Waals surface area contributed by atoms with E-state index in [9.17, 15) is 22.8 Å². The molecule has 0 heterocycles. The molecule has 1 aromatic rings. The summed E-state index contributed by atoms with van der Waals surface area (Å²) in [5, 5.41) is 8.42. The Morgan fingerprint density at radius 1 is 1.21 bits per heavy atom. The second kappa shape index (κ2) is 5.97. The van der Waals surface area contributed by atoms with E-state index in [2.05, 4.69) is 4.74 Å². The fraction of sp³-hybridized carbons (Fsp3) is 0.167. The van der Waals surface area contributed by atoms with Gasteiger partial charge in [0.05, 0.1) is 0 Å². The van der Waals surface area contributed by atoms with Gasteiger partial charge in [0.2, 0.25) is 0 Å². The Morgan fingerprint density at radius 2 is 1.79 bits per heavy atom. The minimum atomic E-state index is -5.28. The lowest BCUT2D eigenvalue weighted by Gasteiger charge is -2.09. The molecule has 0 spiro atoms. The molecule has 0 N–H and O–H groups in total. The van der Waals surface area contributed by atoms with E-state index in [1.165, 1.54) is 0 Å². The van der Waals surface area contributed by atoms with Gasteiger partial charge < -0.3 is 10.1 Å². The number of hydrogen-bond donors (Lipinski definition) is 0. The summed E-state index contributed by atoms with van der Waals surface area (Å²) >= 11 is 0. The van der Waals surface area contributed by atoms with Crippen molar-refractivity contribution in [2.24, 2.45) is 0 Å². The molecular weight excluding hydrogens is 263 g/mol. The predicted molar refractivity (Wildman–Crippen MR) is 59.2 cm³/mol. The molecule has 100 valence electrons. The first kappa shape index (κ1) is 14.7. The van der Waals surface area contributed by atoms with Crippen LogP contribution in [0.4, 0.5) is 13.2 Å². The number of esters is 1. The summed E-state index contributed by atoms with van der Waals surface area (Å²) in [5.41, 5.74) is -1.06. The van der Waals surface area contributed by atoms with E-state index in [0.29, 0.717) is 5.56 Å². The highest BCUT2D eigenvalue weighted by Crippen LogP contribution is 2.20. The summed E-state index contributed by atoms with van der Waals surface area (Å²) in [6, 6.07) is 8.12. The van der Waals surface area contributed by atoms with E-state index in [0.717, 1.165) is 5.87 Å². The number of carbonyl (C=O) groups excluding carboxylic acids is 2. The van der Waals surface area contributed by atoms with Crippen molar-refractivity contribution in [1.29, 1.82) is 0 Å². The number of ether oxygens (including phenoxy) is 1. The van der Waals surface area contributed by atoms with Gasteiger partial charge in [-0.1, -0.05) is 30.3 Å². The third-order valence-electron chi connectivity index (χ3n) is 2.01. The Hall–Kier alpha value is -2.40. The maximum Gasteiger partial charge on any atom is 0.455 e. The number of benzene rings is 1. The summed E-state index contributed by atoms with van der Waals surface area (Å²) in [6.07, 6.45) is -5.28. The van der Waals surface area contributed by atoms with Crippen molar-refractivity contribution in [2.75, 3.05) is 0 Å². The summed E-state index contributed by atoms with van der Waals surface area (Å²) in [4.78, 5) is 22.0. The molecule has 0 aliphatic carbocycles. The summed E-state index contributed by atoms with van der Waals surface area (Å²) in [6.45, 7) is -0.323. The smallest absolute Gasteiger partial charge is 0.455 e. The predicted octanol–water partition coefficient (Wildman–Crippen LogP) is 2.03. The number of alkyl halides is 3. The molecule has 1 aromatic carbocycles. The molecule has 0 saturated heterocycles. The van der Waals surface area contributed by atoms with Crippen LogP contribution in [0, 0.1) is 0 Å². The van der Waals surface area contributed by atoms with Crippen LogP contribution in [0.15, 0.2) is 35.9 Å². The van der Waals surface area contributed by atoms with Gasteiger partial charge in [-0.25, -0.2) is 4.79 Å². The van der Waals surface area contributed by atoms with Gasteiger partial charge in [0.25, 0.3) is 5.78 Å². The van der Waals surface area contributed by atoms with Crippen molar-refractivity contribution in [3.8, 4) is 0 Å². The zero-order chi connectivity index (χ0) is 14.5. The molecule has 0 atom stereocenters. The van der Waals surface area contributed by atoms with Crippen molar-refractivity contribution in [3.05, 3.63) is 46.9 Å². The van der Waals surface area contributed by atoms with Crippen LogP contribution < -0.4 is 0 Å². The van der Waals surface area contributed by atoms with Crippen LogP contribution in [0.5, 0.6) is 0 Å². The lowest BCUT2D eigenvalue weighted by Crippen LogP contribution is -2.29. The normalized spacial score (nSPS) is 10.5. The molecule has 7 heteroatoms. The van der Waals surface area contributed by atoms with Gasteiger partial charge in [0.1, 0.15) is 12.2 Å². The van der Waals surface area contributed by atoms with Crippen LogP contribution in [-0.4, -0.2) is 23.8 Å². The first-order valence-corrected chi connectivity index (χ1v) is 4.96. The molecule has 0 fully saturated rings. The number of nitrogens with zero attached hydrogens (tertiary/aromatic N) is 1. The molecule has 0 amide bonds. The Kier molecular flexibility index (Phi) is 4.61. The third kappa shape index (κ3) is 4.08. The van der Waals surface area contributed by atoms with Gasteiger partial charge >= 0.3 is 12.1 Å². The SMILES string of the molecule is [N-]=C=C(C(=O)OCc1ccccc1)C(=O)C(F)(F)F. The van der Waals surface area contributed by atoms with E-state index in [1.807, 2.05) is 0 Å². The zero-order valence-electron chi connectivity index (χ0n) is 9.40. The van der Waals surface area contributed by atoms with Crippen LogP contribution in [0.25, 0.3) is 5.41 Å². The highest BCUT2D eigenvalue weighted by atomic mass is 19.4. The van der Waals surface area contributed by atoms with Gasteiger partial charge in [-0.3, -0.25) is 10.7 Å². The van der Waals surface area contributed by atoms with Gasteiger partial charge in [0.15, 0.2) is 0 Å². The quantitative estimate of drug-likeness (QED) is 0.276.